The summed E-state index contributed by atoms with van der Waals surface area (Å²) in [6.07, 6.45) is 4.02. The highest BCUT2D eigenvalue weighted by atomic mass is 32.2. The third-order valence-electron chi connectivity index (χ3n) is 4.40. The summed E-state index contributed by atoms with van der Waals surface area (Å²) in [7, 11) is -3.74. The van der Waals surface area contributed by atoms with E-state index >= 15 is 0 Å². The van der Waals surface area contributed by atoms with Gasteiger partial charge in [-0.05, 0) is 42.3 Å². The lowest BCUT2D eigenvalue weighted by molar-refractivity contribution is -0.122. The SMILES string of the molecule is O=C(NC1CC1)[C@H](Cc1c[nH]c2ccccc12)NS(=O)(=O)c1cccs1. The van der Waals surface area contributed by atoms with E-state index in [0.29, 0.717) is 0 Å². The van der Waals surface area contributed by atoms with Crippen LogP contribution in [0.25, 0.3) is 10.9 Å². The Morgan fingerprint density at radius 2 is 2.04 bits per heavy atom. The molecule has 136 valence electrons. The number of aromatic nitrogens is 1. The van der Waals surface area contributed by atoms with Gasteiger partial charge < -0.3 is 10.3 Å². The Morgan fingerprint density at radius 1 is 1.23 bits per heavy atom. The smallest absolute Gasteiger partial charge is 0.250 e. The maximum absolute atomic E-state index is 12.7. The number of amides is 1. The summed E-state index contributed by atoms with van der Waals surface area (Å²) in [5.74, 6) is -0.280. The number of H-pyrrole nitrogens is 1. The van der Waals surface area contributed by atoms with Crippen molar-refractivity contribution in [2.75, 3.05) is 0 Å². The number of carbonyl (C=O) groups excluding carboxylic acids is 1. The number of nitrogens with one attached hydrogen (secondary N) is 3. The van der Waals surface area contributed by atoms with Gasteiger partial charge >= 0.3 is 0 Å². The molecule has 1 aliphatic rings. The molecule has 1 amide bonds. The molecule has 0 aliphatic heterocycles. The van der Waals surface area contributed by atoms with Crippen LogP contribution < -0.4 is 10.0 Å². The Morgan fingerprint density at radius 3 is 2.77 bits per heavy atom. The van der Waals surface area contributed by atoms with Gasteiger partial charge in [0.05, 0.1) is 0 Å². The Balaban J connectivity index is 1.61. The van der Waals surface area contributed by atoms with E-state index in [2.05, 4.69) is 15.0 Å². The van der Waals surface area contributed by atoms with Crippen molar-refractivity contribution in [3.63, 3.8) is 0 Å². The van der Waals surface area contributed by atoms with Gasteiger partial charge in [-0.15, -0.1) is 11.3 Å². The van der Waals surface area contributed by atoms with Crippen LogP contribution in [0.3, 0.4) is 0 Å². The fourth-order valence-electron chi connectivity index (χ4n) is 2.90. The molecule has 0 spiro atoms. The quantitative estimate of drug-likeness (QED) is 0.579. The van der Waals surface area contributed by atoms with Crippen LogP contribution >= 0.6 is 11.3 Å². The molecule has 1 aliphatic carbocycles. The third kappa shape index (κ3) is 3.67. The van der Waals surface area contributed by atoms with E-state index in [1.165, 1.54) is 6.07 Å². The Hall–Kier alpha value is -2.16. The Bertz CT molecular complexity index is 1020. The molecular formula is C18H19N3O3S2. The molecule has 4 rings (SSSR count). The number of hydrogen-bond acceptors (Lipinski definition) is 4. The maximum Gasteiger partial charge on any atom is 0.250 e. The molecule has 26 heavy (non-hydrogen) atoms. The van der Waals surface area contributed by atoms with Crippen molar-refractivity contribution < 1.29 is 13.2 Å². The molecule has 0 radical (unpaired) electrons. The van der Waals surface area contributed by atoms with E-state index in [4.69, 9.17) is 0 Å². The molecule has 1 atom stereocenters. The number of carbonyl (C=O) groups is 1. The van der Waals surface area contributed by atoms with Crippen LogP contribution in [-0.4, -0.2) is 31.4 Å². The van der Waals surface area contributed by atoms with E-state index in [9.17, 15) is 13.2 Å². The topological polar surface area (TPSA) is 91.1 Å². The zero-order chi connectivity index (χ0) is 18.1. The summed E-state index contributed by atoms with van der Waals surface area (Å²) in [6, 6.07) is 10.3. The minimum Gasteiger partial charge on any atom is -0.361 e. The summed E-state index contributed by atoms with van der Waals surface area (Å²) in [5.41, 5.74) is 1.87. The van der Waals surface area contributed by atoms with Crippen LogP contribution in [0.15, 0.2) is 52.2 Å². The number of rotatable bonds is 7. The van der Waals surface area contributed by atoms with Gasteiger partial charge in [0.2, 0.25) is 5.91 Å². The highest BCUT2D eigenvalue weighted by Gasteiger charge is 2.31. The predicted molar refractivity (Wildman–Crippen MR) is 102 cm³/mol. The zero-order valence-corrected chi connectivity index (χ0v) is 15.6. The highest BCUT2D eigenvalue weighted by Crippen LogP contribution is 2.23. The first-order valence-corrected chi connectivity index (χ1v) is 10.8. The molecule has 6 nitrogen and oxygen atoms in total. The summed E-state index contributed by atoms with van der Waals surface area (Å²) >= 11 is 1.13. The minimum absolute atomic E-state index is 0.166. The van der Waals surface area contributed by atoms with Crippen LogP contribution in [0.5, 0.6) is 0 Å². The molecule has 0 unspecified atom stereocenters. The first-order chi connectivity index (χ1) is 12.5. The van der Waals surface area contributed by atoms with Crippen molar-refractivity contribution in [2.24, 2.45) is 0 Å². The van der Waals surface area contributed by atoms with E-state index in [0.717, 1.165) is 40.6 Å². The number of fused-ring (bicyclic) bond motifs is 1. The second-order valence-electron chi connectivity index (χ2n) is 6.45. The Labute approximate surface area is 155 Å². The number of aromatic amines is 1. The lowest BCUT2D eigenvalue weighted by atomic mass is 10.1. The molecule has 2 aromatic heterocycles. The number of para-hydroxylation sites is 1. The molecule has 3 aromatic rings. The largest absolute Gasteiger partial charge is 0.361 e. The lowest BCUT2D eigenvalue weighted by Crippen LogP contribution is -2.48. The van der Waals surface area contributed by atoms with Gasteiger partial charge in [-0.2, -0.15) is 4.72 Å². The normalized spacial score (nSPS) is 15.8. The third-order valence-corrected chi connectivity index (χ3v) is 7.27. The van der Waals surface area contributed by atoms with E-state index < -0.39 is 16.1 Å². The van der Waals surface area contributed by atoms with Gasteiger partial charge in [0.15, 0.2) is 0 Å². The van der Waals surface area contributed by atoms with Crippen molar-refractivity contribution in [1.29, 1.82) is 0 Å². The van der Waals surface area contributed by atoms with Gasteiger partial charge in [0.25, 0.3) is 10.0 Å². The maximum atomic E-state index is 12.7. The van der Waals surface area contributed by atoms with Gasteiger partial charge in [0.1, 0.15) is 10.3 Å². The van der Waals surface area contributed by atoms with Crippen molar-refractivity contribution in [2.45, 2.75) is 35.6 Å². The van der Waals surface area contributed by atoms with Crippen molar-refractivity contribution in [3.8, 4) is 0 Å². The summed E-state index contributed by atoms with van der Waals surface area (Å²) in [5, 5.41) is 5.60. The van der Waals surface area contributed by atoms with Crippen molar-refractivity contribution in [1.82, 2.24) is 15.0 Å². The second kappa shape index (κ2) is 6.86. The first kappa shape index (κ1) is 17.3. The lowest BCUT2D eigenvalue weighted by Gasteiger charge is -2.18. The molecule has 2 heterocycles. The summed E-state index contributed by atoms with van der Waals surface area (Å²) < 4.78 is 28.0. The zero-order valence-electron chi connectivity index (χ0n) is 13.9. The molecule has 0 saturated heterocycles. The molecule has 0 bridgehead atoms. The number of hydrogen-bond donors (Lipinski definition) is 3. The average molecular weight is 390 g/mol. The molecule has 8 heteroatoms. The van der Waals surface area contributed by atoms with Crippen LogP contribution in [0.2, 0.25) is 0 Å². The summed E-state index contributed by atoms with van der Waals surface area (Å²) in [4.78, 5) is 15.8. The van der Waals surface area contributed by atoms with Gasteiger partial charge in [0, 0.05) is 23.1 Å². The van der Waals surface area contributed by atoms with Gasteiger partial charge in [-0.3, -0.25) is 4.79 Å². The predicted octanol–water partition coefficient (Wildman–Crippen LogP) is 2.40. The monoisotopic (exact) mass is 389 g/mol. The summed E-state index contributed by atoms with van der Waals surface area (Å²) in [6.45, 7) is 0. The van der Waals surface area contributed by atoms with Crippen molar-refractivity contribution in [3.05, 3.63) is 53.5 Å². The van der Waals surface area contributed by atoms with E-state index in [-0.39, 0.29) is 22.6 Å². The number of benzene rings is 1. The molecule has 3 N–H and O–H groups in total. The first-order valence-electron chi connectivity index (χ1n) is 8.44. The number of sulfonamides is 1. The standard InChI is InChI=1S/C18H19N3O3S2/c22-18(20-13-7-8-13)16(21-26(23,24)17-6-3-9-25-17)10-12-11-19-15-5-2-1-4-14(12)15/h1-6,9,11,13,16,19,21H,7-8,10H2,(H,20,22)/t16-/m0/s1. The molecule has 1 aromatic carbocycles. The van der Waals surface area contributed by atoms with E-state index in [1.54, 1.807) is 11.4 Å². The molecule has 1 saturated carbocycles. The Kier molecular flexibility index (Phi) is 4.56. The number of thiophene rings is 1. The second-order valence-corrected chi connectivity index (χ2v) is 9.34. The fourth-order valence-corrected chi connectivity index (χ4v) is 5.10. The van der Waals surface area contributed by atoms with Crippen molar-refractivity contribution >= 4 is 38.2 Å². The fraction of sp³-hybridized carbons (Fsp3) is 0.278. The highest BCUT2D eigenvalue weighted by molar-refractivity contribution is 7.91. The van der Waals surface area contributed by atoms with Gasteiger partial charge in [-0.25, -0.2) is 8.42 Å². The molecular weight excluding hydrogens is 370 g/mol. The molecule has 1 fully saturated rings. The van der Waals surface area contributed by atoms with Crippen LogP contribution in [0, 0.1) is 0 Å². The van der Waals surface area contributed by atoms with Crippen LogP contribution in [0.1, 0.15) is 18.4 Å². The average Bonchev–Trinajstić information content (AvgIpc) is 3.12. The van der Waals surface area contributed by atoms with Crippen LogP contribution in [-0.2, 0) is 21.2 Å². The minimum atomic E-state index is -3.74. The van der Waals surface area contributed by atoms with E-state index in [1.807, 2.05) is 30.5 Å². The van der Waals surface area contributed by atoms with Gasteiger partial charge in [-0.1, -0.05) is 24.3 Å². The van der Waals surface area contributed by atoms with Crippen LogP contribution in [0.4, 0.5) is 0 Å².